The Balaban J connectivity index is 1.79. The molecule has 1 aliphatic carbocycles. The summed E-state index contributed by atoms with van der Waals surface area (Å²) in [6, 6.07) is 1.82. The molecule has 0 aliphatic heterocycles. The van der Waals surface area contributed by atoms with Gasteiger partial charge in [-0.25, -0.2) is 0 Å². The van der Waals surface area contributed by atoms with E-state index >= 15 is 0 Å². The summed E-state index contributed by atoms with van der Waals surface area (Å²) in [4.78, 5) is 22.9. The summed E-state index contributed by atoms with van der Waals surface area (Å²) in [5.74, 6) is -1.90. The fraction of sp³-hybridized carbons (Fsp3) is 0.583. The van der Waals surface area contributed by atoms with Gasteiger partial charge in [0.2, 0.25) is 5.91 Å². The lowest BCUT2D eigenvalue weighted by Crippen LogP contribution is -2.36. The fourth-order valence-corrected chi connectivity index (χ4v) is 2.43. The molecule has 2 N–H and O–H groups in total. The Labute approximate surface area is 105 Å². The number of nitrogens with zero attached hydrogens (tertiary/aromatic N) is 2. The first-order chi connectivity index (χ1) is 8.68. The Morgan fingerprint density at radius 3 is 2.83 bits per heavy atom. The summed E-state index contributed by atoms with van der Waals surface area (Å²) < 4.78 is 1.73. The van der Waals surface area contributed by atoms with Gasteiger partial charge in [0, 0.05) is 18.9 Å². The number of rotatable bonds is 5. The number of carboxylic acids is 1. The second-order valence-electron chi connectivity index (χ2n) is 4.54. The molecule has 1 amide bonds. The zero-order chi connectivity index (χ0) is 13.0. The van der Waals surface area contributed by atoms with Gasteiger partial charge in [-0.1, -0.05) is 6.42 Å². The lowest BCUT2D eigenvalue weighted by Gasteiger charge is -2.15. The van der Waals surface area contributed by atoms with Crippen LogP contribution >= 0.6 is 0 Å². The third kappa shape index (κ3) is 2.88. The van der Waals surface area contributed by atoms with Crippen molar-refractivity contribution in [2.24, 2.45) is 11.8 Å². The smallest absolute Gasteiger partial charge is 0.307 e. The Morgan fingerprint density at radius 1 is 1.39 bits per heavy atom. The first-order valence-electron chi connectivity index (χ1n) is 6.16. The molecule has 1 heterocycles. The zero-order valence-electron chi connectivity index (χ0n) is 10.1. The molecule has 6 nitrogen and oxygen atoms in total. The monoisotopic (exact) mass is 251 g/mol. The molecule has 18 heavy (non-hydrogen) atoms. The molecule has 1 aromatic heterocycles. The number of carbonyl (C=O) groups excluding carboxylic acids is 1. The second kappa shape index (κ2) is 5.66. The molecule has 0 aromatic carbocycles. The van der Waals surface area contributed by atoms with Crippen LogP contribution in [0.3, 0.4) is 0 Å². The topological polar surface area (TPSA) is 84.2 Å². The number of amides is 1. The van der Waals surface area contributed by atoms with E-state index in [0.717, 1.165) is 6.42 Å². The van der Waals surface area contributed by atoms with Gasteiger partial charge in [-0.3, -0.25) is 14.3 Å². The molecular weight excluding hydrogens is 234 g/mol. The van der Waals surface area contributed by atoms with Crippen LogP contribution in [0.15, 0.2) is 18.5 Å². The molecule has 2 unspecified atom stereocenters. The lowest BCUT2D eigenvalue weighted by atomic mass is 9.95. The minimum absolute atomic E-state index is 0.146. The third-order valence-corrected chi connectivity index (χ3v) is 3.37. The van der Waals surface area contributed by atoms with Crippen LogP contribution in [-0.2, 0) is 16.1 Å². The number of hydrogen-bond donors (Lipinski definition) is 2. The standard InChI is InChI=1S/C12H17N3O3/c16-11(9-3-1-4-10(9)12(17)18)13-6-8-15-7-2-5-14-15/h2,5,7,9-10H,1,3-4,6,8H2,(H,13,16)(H,17,18). The highest BCUT2D eigenvalue weighted by Crippen LogP contribution is 2.31. The number of nitrogens with one attached hydrogen (secondary N) is 1. The van der Waals surface area contributed by atoms with Crippen LogP contribution in [0, 0.1) is 11.8 Å². The van der Waals surface area contributed by atoms with Gasteiger partial charge in [-0.05, 0) is 18.9 Å². The highest BCUT2D eigenvalue weighted by molar-refractivity contribution is 5.85. The van der Waals surface area contributed by atoms with Crippen molar-refractivity contribution in [3.05, 3.63) is 18.5 Å². The SMILES string of the molecule is O=C(O)C1CCCC1C(=O)NCCn1cccn1. The van der Waals surface area contributed by atoms with Crippen molar-refractivity contribution in [2.75, 3.05) is 6.54 Å². The summed E-state index contributed by atoms with van der Waals surface area (Å²) in [6.07, 6.45) is 5.59. The Kier molecular flexibility index (Phi) is 3.96. The molecule has 98 valence electrons. The van der Waals surface area contributed by atoms with Crippen molar-refractivity contribution in [1.29, 1.82) is 0 Å². The number of carboxylic acid groups (broad SMARTS) is 1. The van der Waals surface area contributed by atoms with Crippen molar-refractivity contribution < 1.29 is 14.7 Å². The zero-order valence-corrected chi connectivity index (χ0v) is 10.1. The van der Waals surface area contributed by atoms with Gasteiger partial charge >= 0.3 is 5.97 Å². The molecule has 2 atom stereocenters. The molecule has 1 aliphatic rings. The molecule has 0 radical (unpaired) electrons. The van der Waals surface area contributed by atoms with E-state index in [0.29, 0.717) is 25.9 Å². The normalized spacial score (nSPS) is 22.9. The number of aliphatic carboxylic acids is 1. The van der Waals surface area contributed by atoms with Gasteiger partial charge in [-0.2, -0.15) is 5.10 Å². The van der Waals surface area contributed by atoms with Crippen LogP contribution in [-0.4, -0.2) is 33.3 Å². The lowest BCUT2D eigenvalue weighted by molar-refractivity contribution is -0.146. The molecular formula is C12H17N3O3. The van der Waals surface area contributed by atoms with Gasteiger partial charge in [-0.15, -0.1) is 0 Å². The predicted octanol–water partition coefficient (Wildman–Crippen LogP) is 0.500. The van der Waals surface area contributed by atoms with E-state index in [1.54, 1.807) is 10.9 Å². The average Bonchev–Trinajstić information content (AvgIpc) is 2.99. The van der Waals surface area contributed by atoms with Crippen LogP contribution in [0.25, 0.3) is 0 Å². The van der Waals surface area contributed by atoms with Gasteiger partial charge in [0.05, 0.1) is 18.4 Å². The largest absolute Gasteiger partial charge is 0.481 e. The summed E-state index contributed by atoms with van der Waals surface area (Å²) in [5.41, 5.74) is 0. The molecule has 1 aromatic rings. The average molecular weight is 251 g/mol. The Morgan fingerprint density at radius 2 is 2.17 bits per heavy atom. The Bertz CT molecular complexity index is 416. The minimum atomic E-state index is -0.861. The van der Waals surface area contributed by atoms with Crippen LogP contribution in [0.4, 0.5) is 0 Å². The van der Waals surface area contributed by atoms with E-state index in [2.05, 4.69) is 10.4 Å². The van der Waals surface area contributed by atoms with E-state index < -0.39 is 11.9 Å². The maximum atomic E-state index is 11.9. The van der Waals surface area contributed by atoms with Crippen molar-refractivity contribution in [1.82, 2.24) is 15.1 Å². The molecule has 1 fully saturated rings. The summed E-state index contributed by atoms with van der Waals surface area (Å²) >= 11 is 0. The highest BCUT2D eigenvalue weighted by atomic mass is 16.4. The number of aromatic nitrogens is 2. The summed E-state index contributed by atoms with van der Waals surface area (Å²) in [6.45, 7) is 1.08. The quantitative estimate of drug-likeness (QED) is 0.798. The predicted molar refractivity (Wildman–Crippen MR) is 63.7 cm³/mol. The van der Waals surface area contributed by atoms with E-state index in [9.17, 15) is 9.59 Å². The van der Waals surface area contributed by atoms with E-state index in [-0.39, 0.29) is 11.8 Å². The maximum absolute atomic E-state index is 11.9. The van der Waals surface area contributed by atoms with Crippen LogP contribution in [0.5, 0.6) is 0 Å². The van der Waals surface area contributed by atoms with Crippen molar-refractivity contribution in [3.63, 3.8) is 0 Å². The van der Waals surface area contributed by atoms with Gasteiger partial charge in [0.25, 0.3) is 0 Å². The fourth-order valence-electron chi connectivity index (χ4n) is 2.43. The summed E-state index contributed by atoms with van der Waals surface area (Å²) in [7, 11) is 0. The first kappa shape index (κ1) is 12.6. The van der Waals surface area contributed by atoms with Crippen molar-refractivity contribution in [3.8, 4) is 0 Å². The third-order valence-electron chi connectivity index (χ3n) is 3.37. The Hall–Kier alpha value is -1.85. The minimum Gasteiger partial charge on any atom is -0.481 e. The van der Waals surface area contributed by atoms with Crippen molar-refractivity contribution >= 4 is 11.9 Å². The van der Waals surface area contributed by atoms with E-state index in [4.69, 9.17) is 5.11 Å². The molecule has 1 saturated carbocycles. The van der Waals surface area contributed by atoms with Crippen LogP contribution < -0.4 is 5.32 Å². The highest BCUT2D eigenvalue weighted by Gasteiger charge is 2.37. The second-order valence-corrected chi connectivity index (χ2v) is 4.54. The number of carbonyl (C=O) groups is 2. The maximum Gasteiger partial charge on any atom is 0.307 e. The molecule has 0 bridgehead atoms. The van der Waals surface area contributed by atoms with Gasteiger partial charge in [0.1, 0.15) is 0 Å². The van der Waals surface area contributed by atoms with E-state index in [1.165, 1.54) is 0 Å². The molecule has 0 spiro atoms. The van der Waals surface area contributed by atoms with Gasteiger partial charge < -0.3 is 10.4 Å². The molecule has 6 heteroatoms. The first-order valence-corrected chi connectivity index (χ1v) is 6.16. The molecule has 2 rings (SSSR count). The van der Waals surface area contributed by atoms with Crippen molar-refractivity contribution in [2.45, 2.75) is 25.8 Å². The van der Waals surface area contributed by atoms with Crippen LogP contribution in [0.1, 0.15) is 19.3 Å². The van der Waals surface area contributed by atoms with E-state index in [1.807, 2.05) is 12.3 Å². The van der Waals surface area contributed by atoms with Crippen LogP contribution in [0.2, 0.25) is 0 Å². The van der Waals surface area contributed by atoms with Gasteiger partial charge in [0.15, 0.2) is 0 Å². The number of hydrogen-bond acceptors (Lipinski definition) is 3. The summed E-state index contributed by atoms with van der Waals surface area (Å²) in [5, 5.41) is 15.8. The molecule has 0 saturated heterocycles.